The van der Waals surface area contributed by atoms with Crippen molar-refractivity contribution < 1.29 is 9.59 Å². The van der Waals surface area contributed by atoms with E-state index in [-0.39, 0.29) is 11.6 Å². The zero-order valence-electron chi connectivity index (χ0n) is 20.5. The average Bonchev–Trinajstić information content (AvgIpc) is 3.30. The molecule has 0 aliphatic heterocycles. The highest BCUT2D eigenvalue weighted by Crippen LogP contribution is 2.34. The first-order valence-corrected chi connectivity index (χ1v) is 13.4. The zero-order valence-corrected chi connectivity index (χ0v) is 22.0. The van der Waals surface area contributed by atoms with Crippen molar-refractivity contribution in [2.75, 3.05) is 5.32 Å². The predicted molar refractivity (Wildman–Crippen MR) is 153 cm³/mol. The summed E-state index contributed by atoms with van der Waals surface area (Å²) in [6.07, 6.45) is 10.2. The number of benzene rings is 2. The van der Waals surface area contributed by atoms with E-state index in [9.17, 15) is 9.59 Å². The van der Waals surface area contributed by atoms with Gasteiger partial charge in [-0.1, -0.05) is 47.5 Å². The fourth-order valence-electron chi connectivity index (χ4n) is 5.23. The van der Waals surface area contributed by atoms with E-state index in [0.29, 0.717) is 23.1 Å². The van der Waals surface area contributed by atoms with Crippen LogP contribution in [-0.2, 0) is 11.2 Å². The van der Waals surface area contributed by atoms with Gasteiger partial charge in [0.05, 0.1) is 11.2 Å². The van der Waals surface area contributed by atoms with E-state index in [1.165, 1.54) is 0 Å². The lowest BCUT2D eigenvalue weighted by Gasteiger charge is -2.16. The number of hydrogen-bond acceptors (Lipinski definition) is 5. The highest BCUT2D eigenvalue weighted by Gasteiger charge is 2.24. The number of halogens is 2. The van der Waals surface area contributed by atoms with E-state index in [1.54, 1.807) is 12.3 Å². The Hall–Kier alpha value is -3.74. The molecule has 0 spiro atoms. The van der Waals surface area contributed by atoms with E-state index in [1.807, 2.05) is 48.7 Å². The van der Waals surface area contributed by atoms with Gasteiger partial charge >= 0.3 is 0 Å². The van der Waals surface area contributed by atoms with Gasteiger partial charge in [0.2, 0.25) is 0 Å². The second kappa shape index (κ2) is 10.2. The lowest BCUT2D eigenvalue weighted by Crippen LogP contribution is -2.09. The summed E-state index contributed by atoms with van der Waals surface area (Å²) < 4.78 is 0. The van der Waals surface area contributed by atoms with Crippen molar-refractivity contribution >= 4 is 72.9 Å². The number of carbonyl (C=O) groups excluding carboxylic acids is 2. The minimum atomic E-state index is 0.189. The van der Waals surface area contributed by atoms with Gasteiger partial charge in [0.1, 0.15) is 10.3 Å². The number of Topliss-reactive ketones (excluding diaryl/α,β-unsaturated/α-hetero) is 1. The molecule has 0 saturated heterocycles. The first-order valence-electron chi connectivity index (χ1n) is 12.6. The second-order valence-electron chi connectivity index (χ2n) is 9.60. The van der Waals surface area contributed by atoms with Crippen molar-refractivity contribution in [1.82, 2.24) is 15.0 Å². The molecule has 190 valence electrons. The normalized spacial score (nSPS) is 15.3. The maximum atomic E-state index is 12.1. The van der Waals surface area contributed by atoms with E-state index < -0.39 is 0 Å². The fraction of sp³-hybridized carbons (Fsp3) is 0.200. The number of hydrogen-bond donors (Lipinski definition) is 2. The summed E-state index contributed by atoms with van der Waals surface area (Å²) in [5, 5.41) is 9.44. The lowest BCUT2D eigenvalue weighted by molar-refractivity contribution is -0.115. The van der Waals surface area contributed by atoms with Crippen molar-refractivity contribution in [2.24, 2.45) is 0 Å². The number of carbonyl (C=O) groups is 2. The Morgan fingerprint density at radius 1 is 0.868 bits per heavy atom. The third kappa shape index (κ3) is 4.77. The van der Waals surface area contributed by atoms with Gasteiger partial charge in [0.25, 0.3) is 0 Å². The molecule has 7 rings (SSSR count). The van der Waals surface area contributed by atoms with Crippen LogP contribution in [0.25, 0.3) is 32.4 Å². The lowest BCUT2D eigenvalue weighted by atomic mass is 9.94. The van der Waals surface area contributed by atoms with Crippen molar-refractivity contribution in [3.63, 3.8) is 0 Å². The first kappa shape index (κ1) is 24.6. The van der Waals surface area contributed by atoms with E-state index in [2.05, 4.69) is 20.3 Å². The number of fused-ring (bicyclic) bond motifs is 6. The summed E-state index contributed by atoms with van der Waals surface area (Å²) in [6, 6.07) is 13.7. The summed E-state index contributed by atoms with van der Waals surface area (Å²) in [7, 11) is 0. The Morgan fingerprint density at radius 3 is 2.61 bits per heavy atom. The van der Waals surface area contributed by atoms with Gasteiger partial charge in [0, 0.05) is 75.2 Å². The van der Waals surface area contributed by atoms with Crippen LogP contribution in [0.1, 0.15) is 48.2 Å². The molecule has 0 amide bonds. The SMILES string of the molecule is O=C1C=C(Nc2cccc3cnc(Cl)cc23)CCC1.O=C1CCCc2nc3c(ccc4c[nH]c(Cl)cc43)c21. The molecule has 0 saturated carbocycles. The van der Waals surface area contributed by atoms with Crippen LogP contribution in [-0.4, -0.2) is 26.5 Å². The smallest absolute Gasteiger partial charge is 0.165 e. The number of allylic oxidation sites excluding steroid dienone is 2. The Kier molecular flexibility index (Phi) is 6.60. The number of nitrogens with zero attached hydrogens (tertiary/aromatic N) is 2. The molecule has 5 aromatic rings. The van der Waals surface area contributed by atoms with Crippen molar-refractivity contribution in [1.29, 1.82) is 0 Å². The molecular formula is C30H24Cl2N4O2. The van der Waals surface area contributed by atoms with Gasteiger partial charge in [-0.3, -0.25) is 14.6 Å². The Morgan fingerprint density at radius 2 is 1.74 bits per heavy atom. The molecule has 3 heterocycles. The standard InChI is InChI=1S/C15H11ClN2O.C15H13ClN2O/c16-13-6-10-8(7-17-13)4-5-9-14-11(18-15(9)10)2-1-3-12(14)19;16-15-8-13-10(9-17-15)3-1-6-14(13)18-11-4-2-5-12(19)7-11/h4-7,17H,1-3H2;1,3,6-9,18H,2,4-5H2. The quantitative estimate of drug-likeness (QED) is 0.222. The average molecular weight is 543 g/mol. The molecule has 8 heteroatoms. The third-order valence-electron chi connectivity index (χ3n) is 7.02. The van der Waals surface area contributed by atoms with Gasteiger partial charge < -0.3 is 10.3 Å². The number of H-pyrrole nitrogens is 1. The second-order valence-corrected chi connectivity index (χ2v) is 10.4. The zero-order chi connectivity index (χ0) is 26.2. The number of aryl methyl sites for hydroxylation is 1. The van der Waals surface area contributed by atoms with Gasteiger partial charge in [-0.05, 0) is 43.9 Å². The van der Waals surface area contributed by atoms with Gasteiger partial charge in [-0.2, -0.15) is 0 Å². The highest BCUT2D eigenvalue weighted by molar-refractivity contribution is 6.31. The van der Waals surface area contributed by atoms with Crippen LogP contribution in [0.2, 0.25) is 10.3 Å². The molecule has 0 radical (unpaired) electrons. The van der Waals surface area contributed by atoms with Crippen LogP contribution >= 0.6 is 23.2 Å². The van der Waals surface area contributed by atoms with Crippen molar-refractivity contribution in [3.8, 4) is 0 Å². The van der Waals surface area contributed by atoms with Crippen LogP contribution in [0.3, 0.4) is 0 Å². The van der Waals surface area contributed by atoms with Crippen LogP contribution < -0.4 is 5.32 Å². The van der Waals surface area contributed by atoms with Crippen LogP contribution in [0.5, 0.6) is 0 Å². The molecule has 3 aromatic heterocycles. The van der Waals surface area contributed by atoms with Crippen molar-refractivity contribution in [3.05, 3.63) is 88.2 Å². The summed E-state index contributed by atoms with van der Waals surface area (Å²) in [6.45, 7) is 0. The number of pyridine rings is 2. The van der Waals surface area contributed by atoms with E-state index in [4.69, 9.17) is 23.2 Å². The molecule has 38 heavy (non-hydrogen) atoms. The number of ketones is 2. The number of aromatic nitrogens is 3. The van der Waals surface area contributed by atoms with Crippen LogP contribution in [0, 0.1) is 0 Å². The molecule has 0 unspecified atom stereocenters. The minimum Gasteiger partial charge on any atom is -0.358 e. The van der Waals surface area contributed by atoms with Gasteiger partial charge in [-0.25, -0.2) is 4.98 Å². The molecule has 0 bridgehead atoms. The molecule has 0 fully saturated rings. The van der Waals surface area contributed by atoms with E-state index in [0.717, 1.165) is 80.8 Å². The Bertz CT molecular complexity index is 1770. The Labute approximate surface area is 229 Å². The summed E-state index contributed by atoms with van der Waals surface area (Å²) in [5.74, 6) is 0.408. The molecular weight excluding hydrogens is 519 g/mol. The first-order chi connectivity index (χ1) is 18.5. The topological polar surface area (TPSA) is 87.7 Å². The molecule has 2 N–H and O–H groups in total. The van der Waals surface area contributed by atoms with Crippen LogP contribution in [0.4, 0.5) is 5.69 Å². The molecule has 2 aliphatic carbocycles. The number of aromatic amines is 1. The molecule has 0 atom stereocenters. The molecule has 2 aliphatic rings. The fourth-order valence-corrected chi connectivity index (χ4v) is 5.56. The maximum absolute atomic E-state index is 12.1. The number of anilines is 1. The van der Waals surface area contributed by atoms with Crippen LogP contribution in [0.15, 0.2) is 66.6 Å². The largest absolute Gasteiger partial charge is 0.358 e. The monoisotopic (exact) mass is 542 g/mol. The highest BCUT2D eigenvalue weighted by atomic mass is 35.5. The van der Waals surface area contributed by atoms with Gasteiger partial charge in [-0.15, -0.1) is 0 Å². The Balaban J connectivity index is 0.000000139. The minimum absolute atomic E-state index is 0.189. The number of nitrogens with one attached hydrogen (secondary N) is 2. The maximum Gasteiger partial charge on any atom is 0.165 e. The summed E-state index contributed by atoms with van der Waals surface area (Å²) in [5.41, 5.74) is 4.60. The molecule has 2 aromatic carbocycles. The van der Waals surface area contributed by atoms with Gasteiger partial charge in [0.15, 0.2) is 11.6 Å². The van der Waals surface area contributed by atoms with Crippen molar-refractivity contribution in [2.45, 2.75) is 38.5 Å². The number of rotatable bonds is 2. The third-order valence-corrected chi connectivity index (χ3v) is 7.44. The summed E-state index contributed by atoms with van der Waals surface area (Å²) >= 11 is 12.0. The predicted octanol–water partition coefficient (Wildman–Crippen LogP) is 7.83. The molecule has 6 nitrogen and oxygen atoms in total. The summed E-state index contributed by atoms with van der Waals surface area (Å²) in [4.78, 5) is 35.3. The van der Waals surface area contributed by atoms with E-state index >= 15 is 0 Å².